The number of pyridine rings is 1. The third-order valence-electron chi connectivity index (χ3n) is 3.09. The topological polar surface area (TPSA) is 24.9 Å². The number of hydrogen-bond donors (Lipinski definition) is 1. The molecular weight excluding hydrogens is 227 g/mol. The maximum absolute atomic E-state index is 13.8. The van der Waals surface area contributed by atoms with Crippen molar-refractivity contribution >= 4 is 0 Å². The molecule has 1 aromatic carbocycles. The number of aryl methyl sites for hydroxylation is 2. The van der Waals surface area contributed by atoms with E-state index in [1.54, 1.807) is 12.3 Å². The predicted molar refractivity (Wildman–Crippen MR) is 71.0 cm³/mol. The normalized spacial score (nSPS) is 12.4. The SMILES string of the molecule is CNC(c1cc(C)ccc1C)c1ncccc1F. The predicted octanol–water partition coefficient (Wildman–Crippen LogP) is 3.15. The quantitative estimate of drug-likeness (QED) is 0.897. The van der Waals surface area contributed by atoms with Gasteiger partial charge >= 0.3 is 0 Å². The molecule has 1 atom stereocenters. The van der Waals surface area contributed by atoms with Crippen LogP contribution in [0.2, 0.25) is 0 Å². The van der Waals surface area contributed by atoms with Gasteiger partial charge in [-0.1, -0.05) is 23.8 Å². The summed E-state index contributed by atoms with van der Waals surface area (Å²) in [5, 5.41) is 3.14. The lowest BCUT2D eigenvalue weighted by molar-refractivity contribution is 0.558. The van der Waals surface area contributed by atoms with E-state index in [1.807, 2.05) is 20.9 Å². The molecule has 0 amide bonds. The summed E-state index contributed by atoms with van der Waals surface area (Å²) in [6.45, 7) is 4.06. The molecule has 2 nitrogen and oxygen atoms in total. The molecule has 0 saturated heterocycles. The van der Waals surface area contributed by atoms with E-state index in [1.165, 1.54) is 6.07 Å². The number of nitrogens with one attached hydrogen (secondary N) is 1. The fourth-order valence-electron chi connectivity index (χ4n) is 2.12. The minimum atomic E-state index is -0.280. The number of hydrogen-bond acceptors (Lipinski definition) is 2. The number of benzene rings is 1. The summed E-state index contributed by atoms with van der Waals surface area (Å²) in [4.78, 5) is 4.16. The van der Waals surface area contributed by atoms with E-state index in [0.29, 0.717) is 5.69 Å². The van der Waals surface area contributed by atoms with Gasteiger partial charge in [-0.2, -0.15) is 0 Å². The average Bonchev–Trinajstić information content (AvgIpc) is 2.36. The highest BCUT2D eigenvalue weighted by Crippen LogP contribution is 2.25. The molecule has 3 heteroatoms. The zero-order valence-corrected chi connectivity index (χ0v) is 10.9. The molecule has 1 aromatic heterocycles. The van der Waals surface area contributed by atoms with Crippen LogP contribution in [0, 0.1) is 19.7 Å². The van der Waals surface area contributed by atoms with Crippen LogP contribution in [0.15, 0.2) is 36.5 Å². The van der Waals surface area contributed by atoms with Crippen LogP contribution in [0.4, 0.5) is 4.39 Å². The van der Waals surface area contributed by atoms with Crippen molar-refractivity contribution < 1.29 is 4.39 Å². The Balaban J connectivity index is 2.52. The number of halogens is 1. The molecule has 2 rings (SSSR count). The molecule has 0 bridgehead atoms. The summed E-state index contributed by atoms with van der Waals surface area (Å²) >= 11 is 0. The van der Waals surface area contributed by atoms with Crippen LogP contribution in [0.25, 0.3) is 0 Å². The van der Waals surface area contributed by atoms with E-state index in [0.717, 1.165) is 16.7 Å². The van der Waals surface area contributed by atoms with Crippen molar-refractivity contribution in [3.05, 3.63) is 64.7 Å². The third kappa shape index (κ3) is 2.41. The van der Waals surface area contributed by atoms with Gasteiger partial charge in [0.15, 0.2) is 0 Å². The molecule has 0 fully saturated rings. The van der Waals surface area contributed by atoms with Gasteiger partial charge in [-0.15, -0.1) is 0 Å². The summed E-state index contributed by atoms with van der Waals surface area (Å²) in [6.07, 6.45) is 1.62. The highest BCUT2D eigenvalue weighted by Gasteiger charge is 2.19. The largest absolute Gasteiger partial charge is 0.308 e. The van der Waals surface area contributed by atoms with E-state index in [4.69, 9.17) is 0 Å². The fourth-order valence-corrected chi connectivity index (χ4v) is 2.12. The summed E-state index contributed by atoms with van der Waals surface area (Å²) in [6, 6.07) is 9.01. The molecule has 0 aliphatic rings. The first kappa shape index (κ1) is 12.7. The molecule has 1 N–H and O–H groups in total. The molecule has 0 aliphatic carbocycles. The molecule has 1 unspecified atom stereocenters. The molecule has 94 valence electrons. The van der Waals surface area contributed by atoms with Crippen molar-refractivity contribution in [3.8, 4) is 0 Å². The van der Waals surface area contributed by atoms with E-state index >= 15 is 0 Å². The minimum Gasteiger partial charge on any atom is -0.308 e. The Bertz CT molecular complexity index is 552. The van der Waals surface area contributed by atoms with Gasteiger partial charge in [-0.25, -0.2) is 4.39 Å². The molecule has 18 heavy (non-hydrogen) atoms. The Morgan fingerprint density at radius 1 is 1.22 bits per heavy atom. The monoisotopic (exact) mass is 244 g/mol. The Morgan fingerprint density at radius 2 is 2.00 bits per heavy atom. The molecule has 0 aliphatic heterocycles. The van der Waals surface area contributed by atoms with Crippen LogP contribution in [0.1, 0.15) is 28.4 Å². The van der Waals surface area contributed by atoms with Gasteiger partial charge in [0.25, 0.3) is 0 Å². The summed E-state index contributed by atoms with van der Waals surface area (Å²) < 4.78 is 13.8. The van der Waals surface area contributed by atoms with Gasteiger partial charge < -0.3 is 5.32 Å². The molecule has 0 saturated carbocycles. The maximum atomic E-state index is 13.8. The van der Waals surface area contributed by atoms with E-state index in [2.05, 4.69) is 28.5 Å². The smallest absolute Gasteiger partial charge is 0.146 e. The van der Waals surface area contributed by atoms with Crippen LogP contribution in [-0.4, -0.2) is 12.0 Å². The number of nitrogens with zero attached hydrogens (tertiary/aromatic N) is 1. The lowest BCUT2D eigenvalue weighted by Gasteiger charge is -2.19. The molecule has 0 spiro atoms. The minimum absolute atomic E-state index is 0.217. The van der Waals surface area contributed by atoms with Crippen LogP contribution in [0.3, 0.4) is 0 Å². The average molecular weight is 244 g/mol. The lowest BCUT2D eigenvalue weighted by atomic mass is 9.96. The van der Waals surface area contributed by atoms with Gasteiger partial charge in [0.05, 0.1) is 11.7 Å². The van der Waals surface area contributed by atoms with Crippen molar-refractivity contribution in [2.24, 2.45) is 0 Å². The zero-order chi connectivity index (χ0) is 13.1. The number of aromatic nitrogens is 1. The highest BCUT2D eigenvalue weighted by molar-refractivity contribution is 5.37. The van der Waals surface area contributed by atoms with Gasteiger partial charge in [0.2, 0.25) is 0 Å². The van der Waals surface area contributed by atoms with Crippen molar-refractivity contribution in [1.82, 2.24) is 10.3 Å². The van der Waals surface area contributed by atoms with E-state index in [-0.39, 0.29) is 11.9 Å². The van der Waals surface area contributed by atoms with Crippen LogP contribution in [-0.2, 0) is 0 Å². The van der Waals surface area contributed by atoms with Crippen molar-refractivity contribution in [2.45, 2.75) is 19.9 Å². The third-order valence-corrected chi connectivity index (χ3v) is 3.09. The van der Waals surface area contributed by atoms with Gasteiger partial charge in [-0.05, 0) is 44.2 Å². The fraction of sp³-hybridized carbons (Fsp3) is 0.267. The van der Waals surface area contributed by atoms with Gasteiger partial charge in [0.1, 0.15) is 5.82 Å². The Morgan fingerprint density at radius 3 is 2.67 bits per heavy atom. The van der Waals surface area contributed by atoms with Crippen molar-refractivity contribution in [2.75, 3.05) is 7.05 Å². The lowest BCUT2D eigenvalue weighted by Crippen LogP contribution is -2.21. The van der Waals surface area contributed by atoms with Crippen LogP contribution in [0.5, 0.6) is 0 Å². The summed E-state index contributed by atoms with van der Waals surface area (Å²) in [5.41, 5.74) is 3.79. The molecule has 1 heterocycles. The van der Waals surface area contributed by atoms with Crippen LogP contribution >= 0.6 is 0 Å². The first-order chi connectivity index (χ1) is 8.63. The second-order valence-electron chi connectivity index (χ2n) is 4.45. The zero-order valence-electron chi connectivity index (χ0n) is 10.9. The van der Waals surface area contributed by atoms with Crippen molar-refractivity contribution in [3.63, 3.8) is 0 Å². The van der Waals surface area contributed by atoms with Crippen molar-refractivity contribution in [1.29, 1.82) is 0 Å². The Labute approximate surface area is 107 Å². The maximum Gasteiger partial charge on any atom is 0.146 e. The Hall–Kier alpha value is -1.74. The summed E-state index contributed by atoms with van der Waals surface area (Å²) in [5.74, 6) is -0.280. The number of rotatable bonds is 3. The molecule has 2 aromatic rings. The first-order valence-corrected chi connectivity index (χ1v) is 5.98. The molecule has 0 radical (unpaired) electrons. The van der Waals surface area contributed by atoms with Crippen LogP contribution < -0.4 is 5.32 Å². The first-order valence-electron chi connectivity index (χ1n) is 5.98. The van der Waals surface area contributed by atoms with E-state index < -0.39 is 0 Å². The van der Waals surface area contributed by atoms with Gasteiger partial charge in [0, 0.05) is 6.20 Å². The highest BCUT2D eigenvalue weighted by atomic mass is 19.1. The Kier molecular flexibility index (Phi) is 3.72. The summed E-state index contributed by atoms with van der Waals surface area (Å²) in [7, 11) is 1.82. The second kappa shape index (κ2) is 5.27. The standard InChI is InChI=1S/C15H17FN2/c1-10-6-7-11(2)12(9-10)14(17-3)15-13(16)5-4-8-18-15/h4-9,14,17H,1-3H3. The molecular formula is C15H17FN2. The second-order valence-corrected chi connectivity index (χ2v) is 4.45. The van der Waals surface area contributed by atoms with Gasteiger partial charge in [-0.3, -0.25) is 4.98 Å². The van der Waals surface area contributed by atoms with E-state index in [9.17, 15) is 4.39 Å².